The van der Waals surface area contributed by atoms with Crippen LogP contribution in [0, 0.1) is 13.8 Å². The molecule has 0 aliphatic heterocycles. The molecule has 0 saturated carbocycles. The highest BCUT2D eigenvalue weighted by Gasteiger charge is 2.40. The molecule has 0 fully saturated rings. The van der Waals surface area contributed by atoms with Gasteiger partial charge in [-0.1, -0.05) is 18.2 Å². The zero-order valence-corrected chi connectivity index (χ0v) is 12.2. The Balaban J connectivity index is 0.00000137. The predicted molar refractivity (Wildman–Crippen MR) is 70.8 cm³/mol. The van der Waals surface area contributed by atoms with Gasteiger partial charge in [0.1, 0.15) is 5.75 Å². The highest BCUT2D eigenvalue weighted by atomic mass is 31.2. The summed E-state index contributed by atoms with van der Waals surface area (Å²) in [5.41, 5.74) is 1.53. The van der Waals surface area contributed by atoms with E-state index in [4.69, 9.17) is 9.63 Å². The number of hydrogen-bond donors (Lipinski definition) is 3. The summed E-state index contributed by atoms with van der Waals surface area (Å²) in [7, 11) is -3.10. The zero-order chi connectivity index (χ0) is 14.6. The van der Waals surface area contributed by atoms with E-state index in [1.54, 1.807) is 26.0 Å². The molecule has 1 rings (SSSR count). The first-order chi connectivity index (χ1) is 8.15. The van der Waals surface area contributed by atoms with Gasteiger partial charge >= 0.3 is 7.60 Å². The molecule has 0 bridgehead atoms. The number of aryl methyl sites for hydroxylation is 2. The molecule has 1 atom stereocenters. The van der Waals surface area contributed by atoms with Gasteiger partial charge in [0, 0.05) is 7.11 Å². The Kier molecular flexibility index (Phi) is 6.04. The summed E-state index contributed by atoms with van der Waals surface area (Å²) < 4.78 is 16.9. The van der Waals surface area contributed by atoms with E-state index in [2.05, 4.69) is 0 Å². The lowest BCUT2D eigenvalue weighted by atomic mass is 10.1. The lowest BCUT2D eigenvalue weighted by Gasteiger charge is -2.25. The molecule has 5 nitrogen and oxygen atoms in total. The van der Waals surface area contributed by atoms with Crippen molar-refractivity contribution in [2.24, 2.45) is 0 Å². The van der Waals surface area contributed by atoms with Gasteiger partial charge in [0.15, 0.2) is 5.34 Å². The Morgan fingerprint density at radius 3 is 1.89 bits per heavy atom. The molecule has 0 saturated heterocycles. The lowest BCUT2D eigenvalue weighted by molar-refractivity contribution is 0.129. The third-order valence-corrected chi connectivity index (χ3v) is 4.13. The van der Waals surface area contributed by atoms with E-state index in [0.717, 1.165) is 18.2 Å². The smallest absolute Gasteiger partial charge is 0.407 e. The summed E-state index contributed by atoms with van der Waals surface area (Å²) in [4.78, 5) is 9.64. The van der Waals surface area contributed by atoms with Crippen molar-refractivity contribution in [2.75, 3.05) is 7.11 Å². The fourth-order valence-corrected chi connectivity index (χ4v) is 1.94. The van der Waals surface area contributed by atoms with Gasteiger partial charge in [0.05, 0.1) is 0 Å². The van der Waals surface area contributed by atoms with Crippen LogP contribution < -0.4 is 4.52 Å². The monoisotopic (exact) mass is 276 g/mol. The maximum absolute atomic E-state index is 11.8. The van der Waals surface area contributed by atoms with Crippen LogP contribution in [0.25, 0.3) is 0 Å². The maximum Gasteiger partial charge on any atom is 0.407 e. The molecule has 0 aliphatic rings. The van der Waals surface area contributed by atoms with Crippen LogP contribution in [-0.2, 0) is 4.57 Å². The van der Waals surface area contributed by atoms with Crippen molar-refractivity contribution in [1.82, 2.24) is 0 Å². The minimum absolute atomic E-state index is 0.357. The van der Waals surface area contributed by atoms with Crippen LogP contribution in [0.5, 0.6) is 5.75 Å². The summed E-state index contributed by atoms with van der Waals surface area (Å²) in [5, 5.41) is 14.8. The Bertz CT molecular complexity index is 416. The molecule has 0 heterocycles. The molecule has 1 aromatic rings. The highest BCUT2D eigenvalue weighted by Crippen LogP contribution is 2.54. The SMILES string of the molecule is CO.Cc1cccc(C)c1OP(=O)(O)C(C)(C)O. The van der Waals surface area contributed by atoms with E-state index in [9.17, 15) is 14.6 Å². The first-order valence-electron chi connectivity index (χ1n) is 5.41. The molecular weight excluding hydrogens is 255 g/mol. The number of benzene rings is 1. The van der Waals surface area contributed by atoms with Crippen molar-refractivity contribution >= 4 is 7.60 Å². The van der Waals surface area contributed by atoms with Crippen LogP contribution in [0.4, 0.5) is 0 Å². The van der Waals surface area contributed by atoms with Crippen molar-refractivity contribution in [3.8, 4) is 5.75 Å². The molecule has 0 radical (unpaired) electrons. The second kappa shape index (κ2) is 6.34. The third-order valence-electron chi connectivity index (χ3n) is 2.32. The maximum atomic E-state index is 11.8. The van der Waals surface area contributed by atoms with Crippen molar-refractivity contribution in [3.63, 3.8) is 0 Å². The summed E-state index contributed by atoms with van der Waals surface area (Å²) in [6.45, 7) is 6.07. The predicted octanol–water partition coefficient (Wildman–Crippen LogP) is 2.20. The van der Waals surface area contributed by atoms with Gasteiger partial charge in [-0.05, 0) is 38.8 Å². The normalized spacial score (nSPS) is 14.2. The van der Waals surface area contributed by atoms with Gasteiger partial charge in [-0.3, -0.25) is 0 Å². The van der Waals surface area contributed by atoms with E-state index in [0.29, 0.717) is 5.75 Å². The Morgan fingerprint density at radius 2 is 1.56 bits per heavy atom. The molecular formula is C12H21O5P. The minimum atomic E-state index is -4.10. The molecule has 0 aromatic heterocycles. The van der Waals surface area contributed by atoms with Crippen molar-refractivity contribution < 1.29 is 24.2 Å². The Labute approximate surface area is 108 Å². The van der Waals surface area contributed by atoms with Crippen LogP contribution in [0.1, 0.15) is 25.0 Å². The summed E-state index contributed by atoms with van der Waals surface area (Å²) in [6.07, 6.45) is 0. The highest BCUT2D eigenvalue weighted by molar-refractivity contribution is 7.54. The van der Waals surface area contributed by atoms with Crippen molar-refractivity contribution in [1.29, 1.82) is 0 Å². The fraction of sp³-hybridized carbons (Fsp3) is 0.500. The van der Waals surface area contributed by atoms with Gasteiger partial charge in [-0.2, -0.15) is 0 Å². The van der Waals surface area contributed by atoms with Crippen molar-refractivity contribution in [3.05, 3.63) is 29.3 Å². The average Bonchev–Trinajstić information content (AvgIpc) is 2.25. The van der Waals surface area contributed by atoms with Gasteiger partial charge < -0.3 is 19.6 Å². The standard InChI is InChI=1S/C11H17O4P.CH4O/c1-8-6-5-7-9(2)10(8)15-16(13,14)11(3,4)12;1-2/h5-7,12H,1-4H3,(H,13,14);2H,1H3. The molecule has 104 valence electrons. The quantitative estimate of drug-likeness (QED) is 0.737. The van der Waals surface area contributed by atoms with E-state index in [1.165, 1.54) is 13.8 Å². The van der Waals surface area contributed by atoms with E-state index in [-0.39, 0.29) is 0 Å². The number of rotatable bonds is 3. The summed E-state index contributed by atoms with van der Waals surface area (Å²) in [6, 6.07) is 5.41. The third kappa shape index (κ3) is 4.10. The second-order valence-corrected chi connectivity index (χ2v) is 6.64. The van der Waals surface area contributed by atoms with Crippen LogP contribution in [0.3, 0.4) is 0 Å². The van der Waals surface area contributed by atoms with Crippen LogP contribution in [-0.4, -0.2) is 27.6 Å². The molecule has 1 unspecified atom stereocenters. The first kappa shape index (κ1) is 17.1. The largest absolute Gasteiger partial charge is 0.422 e. The van der Waals surface area contributed by atoms with Gasteiger partial charge in [-0.25, -0.2) is 4.57 Å². The number of para-hydroxylation sites is 1. The van der Waals surface area contributed by atoms with Crippen LogP contribution >= 0.6 is 7.60 Å². The first-order valence-corrected chi connectivity index (χ1v) is 6.99. The Hall–Kier alpha value is -0.870. The zero-order valence-electron chi connectivity index (χ0n) is 11.3. The van der Waals surface area contributed by atoms with Crippen LogP contribution in [0.2, 0.25) is 0 Å². The van der Waals surface area contributed by atoms with Gasteiger partial charge in [0.25, 0.3) is 0 Å². The van der Waals surface area contributed by atoms with E-state index in [1.807, 2.05) is 6.07 Å². The molecule has 0 aliphatic carbocycles. The second-order valence-electron chi connectivity index (χ2n) is 4.33. The van der Waals surface area contributed by atoms with E-state index < -0.39 is 12.9 Å². The number of hydrogen-bond acceptors (Lipinski definition) is 4. The Morgan fingerprint density at radius 1 is 1.17 bits per heavy atom. The van der Waals surface area contributed by atoms with Crippen molar-refractivity contribution in [2.45, 2.75) is 33.0 Å². The van der Waals surface area contributed by atoms with Gasteiger partial charge in [0.2, 0.25) is 0 Å². The summed E-state index contributed by atoms with van der Waals surface area (Å²) >= 11 is 0. The minimum Gasteiger partial charge on any atom is -0.422 e. The van der Waals surface area contributed by atoms with E-state index >= 15 is 0 Å². The molecule has 0 amide bonds. The molecule has 1 aromatic carbocycles. The number of aliphatic hydroxyl groups is 2. The van der Waals surface area contributed by atoms with Gasteiger partial charge in [-0.15, -0.1) is 0 Å². The number of aliphatic hydroxyl groups excluding tert-OH is 1. The lowest BCUT2D eigenvalue weighted by Crippen LogP contribution is -2.22. The molecule has 0 spiro atoms. The average molecular weight is 276 g/mol. The molecule has 3 N–H and O–H groups in total. The van der Waals surface area contributed by atoms with Crippen LogP contribution in [0.15, 0.2) is 18.2 Å². The molecule has 6 heteroatoms. The fourth-order valence-electron chi connectivity index (χ4n) is 1.18. The topological polar surface area (TPSA) is 87.0 Å². The summed E-state index contributed by atoms with van der Waals surface area (Å²) in [5.74, 6) is 0.357. The molecule has 18 heavy (non-hydrogen) atoms.